The molecule has 4 heteroatoms. The molecule has 0 atom stereocenters. The molecule has 1 N–H and O–H groups in total. The number of benzene rings is 1. The van der Waals surface area contributed by atoms with Gasteiger partial charge in [0.2, 0.25) is 0 Å². The van der Waals surface area contributed by atoms with Crippen molar-refractivity contribution in [1.82, 2.24) is 4.90 Å². The molecule has 0 bridgehead atoms. The zero-order chi connectivity index (χ0) is 12.0. The summed E-state index contributed by atoms with van der Waals surface area (Å²) in [7, 11) is 0. The van der Waals surface area contributed by atoms with Crippen LogP contribution in [0, 0.1) is 11.3 Å². The van der Waals surface area contributed by atoms with Crippen molar-refractivity contribution in [2.75, 3.05) is 6.54 Å². The maximum atomic E-state index is 12.2. The monoisotopic (exact) mass is 248 g/mol. The van der Waals surface area contributed by atoms with Crippen LogP contribution in [0.25, 0.3) is 0 Å². The minimum absolute atomic E-state index is 0.0495. The Morgan fingerprint density at radius 1 is 1.47 bits per heavy atom. The van der Waals surface area contributed by atoms with Crippen molar-refractivity contribution in [3.05, 3.63) is 33.8 Å². The highest BCUT2D eigenvalue weighted by Gasteiger charge is 2.34. The maximum absolute atomic E-state index is 12.2. The number of nitrogens with one attached hydrogen (secondary N) is 1. The Kier molecular flexibility index (Phi) is 2.44. The van der Waals surface area contributed by atoms with Crippen molar-refractivity contribution >= 4 is 23.7 Å². The third-order valence-corrected chi connectivity index (χ3v) is 3.70. The van der Waals surface area contributed by atoms with E-state index in [1.54, 1.807) is 6.07 Å². The molecule has 1 fully saturated rings. The fraction of sp³-hybridized carbons (Fsp3) is 0.385. The normalized spacial score (nSPS) is 18.4. The Hall–Kier alpha value is -1.35. The highest BCUT2D eigenvalue weighted by Crippen LogP contribution is 2.35. The molecule has 0 unspecified atom stereocenters. The van der Waals surface area contributed by atoms with E-state index in [0.717, 1.165) is 17.7 Å². The van der Waals surface area contributed by atoms with Crippen LogP contribution >= 0.6 is 11.6 Å². The molecule has 17 heavy (non-hydrogen) atoms. The lowest BCUT2D eigenvalue weighted by molar-refractivity contribution is 0.0771. The summed E-state index contributed by atoms with van der Waals surface area (Å²) in [5.41, 5.74) is 2.36. The van der Waals surface area contributed by atoms with Crippen LogP contribution in [0.1, 0.15) is 34.3 Å². The van der Waals surface area contributed by atoms with E-state index in [-0.39, 0.29) is 5.91 Å². The maximum Gasteiger partial charge on any atom is 0.256 e. The number of hydrogen-bond acceptors (Lipinski definition) is 2. The van der Waals surface area contributed by atoms with Crippen LogP contribution < -0.4 is 0 Å². The summed E-state index contributed by atoms with van der Waals surface area (Å²) in [6, 6.07) is 3.57. The van der Waals surface area contributed by atoms with E-state index in [9.17, 15) is 4.79 Å². The summed E-state index contributed by atoms with van der Waals surface area (Å²) in [4.78, 5) is 14.0. The molecule has 88 valence electrons. The van der Waals surface area contributed by atoms with Gasteiger partial charge in [-0.15, -0.1) is 0 Å². The number of nitrogens with zero attached hydrogens (tertiary/aromatic N) is 1. The molecule has 1 amide bonds. The lowest BCUT2D eigenvalue weighted by atomic mass is 10.1. The number of halogens is 1. The van der Waals surface area contributed by atoms with E-state index >= 15 is 0 Å². The molecule has 1 aliphatic carbocycles. The molecule has 0 spiro atoms. The summed E-state index contributed by atoms with van der Waals surface area (Å²) < 4.78 is 0. The summed E-state index contributed by atoms with van der Waals surface area (Å²) in [6.45, 7) is 1.50. The fourth-order valence-corrected chi connectivity index (χ4v) is 2.66. The first-order valence-electron chi connectivity index (χ1n) is 5.81. The second-order valence-corrected chi connectivity index (χ2v) is 5.22. The van der Waals surface area contributed by atoms with E-state index in [4.69, 9.17) is 17.0 Å². The number of hydrogen-bond donors (Lipinski definition) is 1. The Morgan fingerprint density at radius 3 is 2.88 bits per heavy atom. The Bertz CT molecular complexity index is 508. The Balaban J connectivity index is 1.94. The number of rotatable bonds is 3. The predicted molar refractivity (Wildman–Crippen MR) is 66.8 cm³/mol. The molecule has 0 aromatic heterocycles. The molecule has 3 rings (SSSR count). The molecule has 1 saturated carbocycles. The standard InChI is InChI=1S/C13H13ClN2O/c14-11-4-9(5-15)3-10-7-16(6-8-1-2-8)13(17)12(10)11/h3-5,8,15H,1-2,6-7H2. The molecule has 0 saturated heterocycles. The summed E-state index contributed by atoms with van der Waals surface area (Å²) in [5, 5.41) is 7.72. The van der Waals surface area contributed by atoms with Gasteiger partial charge in [0.05, 0.1) is 10.6 Å². The molecule has 2 aliphatic rings. The quantitative estimate of drug-likeness (QED) is 0.822. The fourth-order valence-electron chi connectivity index (χ4n) is 2.33. The number of carbonyl (C=O) groups is 1. The van der Waals surface area contributed by atoms with Crippen LogP contribution in [-0.4, -0.2) is 23.6 Å². The van der Waals surface area contributed by atoms with Gasteiger partial charge in [-0.1, -0.05) is 11.6 Å². The van der Waals surface area contributed by atoms with Crippen molar-refractivity contribution in [3.8, 4) is 0 Å². The van der Waals surface area contributed by atoms with Crippen LogP contribution in [0.2, 0.25) is 5.02 Å². The van der Waals surface area contributed by atoms with E-state index in [0.29, 0.717) is 23.0 Å². The van der Waals surface area contributed by atoms with Crippen LogP contribution in [-0.2, 0) is 6.54 Å². The topological polar surface area (TPSA) is 44.2 Å². The summed E-state index contributed by atoms with van der Waals surface area (Å²) >= 11 is 6.12. The van der Waals surface area contributed by atoms with E-state index in [1.807, 2.05) is 11.0 Å². The van der Waals surface area contributed by atoms with E-state index in [2.05, 4.69) is 0 Å². The minimum Gasteiger partial charge on any atom is -0.334 e. The highest BCUT2D eigenvalue weighted by atomic mass is 35.5. The first kappa shape index (κ1) is 10.8. The lowest BCUT2D eigenvalue weighted by Crippen LogP contribution is -2.26. The van der Waals surface area contributed by atoms with Gasteiger partial charge in [0.15, 0.2) is 0 Å². The van der Waals surface area contributed by atoms with Gasteiger partial charge in [0.25, 0.3) is 5.91 Å². The van der Waals surface area contributed by atoms with Crippen LogP contribution in [0.15, 0.2) is 12.1 Å². The minimum atomic E-state index is 0.0495. The molecular weight excluding hydrogens is 236 g/mol. The second kappa shape index (κ2) is 3.84. The number of amides is 1. The third kappa shape index (κ3) is 1.84. The SMILES string of the molecule is N=Cc1cc(Cl)c2c(c1)CN(CC1CC1)C2=O. The van der Waals surface area contributed by atoms with Gasteiger partial charge in [0, 0.05) is 19.3 Å². The van der Waals surface area contributed by atoms with E-state index in [1.165, 1.54) is 19.1 Å². The van der Waals surface area contributed by atoms with Crippen LogP contribution in [0.4, 0.5) is 0 Å². The number of fused-ring (bicyclic) bond motifs is 1. The molecule has 1 heterocycles. The molecule has 1 aliphatic heterocycles. The third-order valence-electron chi connectivity index (χ3n) is 3.40. The zero-order valence-electron chi connectivity index (χ0n) is 9.37. The van der Waals surface area contributed by atoms with Crippen LogP contribution in [0.3, 0.4) is 0 Å². The van der Waals surface area contributed by atoms with Crippen molar-refractivity contribution in [2.45, 2.75) is 19.4 Å². The van der Waals surface area contributed by atoms with Gasteiger partial charge >= 0.3 is 0 Å². The van der Waals surface area contributed by atoms with Crippen molar-refractivity contribution in [2.24, 2.45) is 5.92 Å². The average Bonchev–Trinajstić information content (AvgIpc) is 3.05. The van der Waals surface area contributed by atoms with Gasteiger partial charge in [0.1, 0.15) is 0 Å². The first-order chi connectivity index (χ1) is 8.19. The summed E-state index contributed by atoms with van der Waals surface area (Å²) in [5.74, 6) is 0.739. The highest BCUT2D eigenvalue weighted by molar-refractivity contribution is 6.34. The Labute approximate surface area is 105 Å². The van der Waals surface area contributed by atoms with Gasteiger partial charge < -0.3 is 10.3 Å². The second-order valence-electron chi connectivity index (χ2n) is 4.81. The van der Waals surface area contributed by atoms with Crippen LogP contribution in [0.5, 0.6) is 0 Å². The molecule has 1 aromatic rings. The number of carbonyl (C=O) groups excluding carboxylic acids is 1. The summed E-state index contributed by atoms with van der Waals surface area (Å²) in [6.07, 6.45) is 3.74. The molecule has 0 radical (unpaired) electrons. The van der Waals surface area contributed by atoms with Crippen molar-refractivity contribution in [3.63, 3.8) is 0 Å². The van der Waals surface area contributed by atoms with Gasteiger partial charge in [-0.05, 0) is 42.0 Å². The Morgan fingerprint density at radius 2 is 2.24 bits per heavy atom. The van der Waals surface area contributed by atoms with Gasteiger partial charge in [-0.25, -0.2) is 0 Å². The van der Waals surface area contributed by atoms with Crippen molar-refractivity contribution in [1.29, 1.82) is 5.41 Å². The van der Waals surface area contributed by atoms with E-state index < -0.39 is 0 Å². The smallest absolute Gasteiger partial charge is 0.256 e. The van der Waals surface area contributed by atoms with Gasteiger partial charge in [-0.2, -0.15) is 0 Å². The zero-order valence-corrected chi connectivity index (χ0v) is 10.1. The molecule has 1 aromatic carbocycles. The molecule has 3 nitrogen and oxygen atoms in total. The van der Waals surface area contributed by atoms with Gasteiger partial charge in [-0.3, -0.25) is 4.79 Å². The lowest BCUT2D eigenvalue weighted by Gasteiger charge is -2.14. The first-order valence-corrected chi connectivity index (χ1v) is 6.19. The van der Waals surface area contributed by atoms with Crippen molar-refractivity contribution < 1.29 is 4.79 Å². The largest absolute Gasteiger partial charge is 0.334 e. The molecular formula is C13H13ClN2O. The predicted octanol–water partition coefficient (Wildman–Crippen LogP) is 2.70. The average molecular weight is 249 g/mol.